The van der Waals surface area contributed by atoms with Crippen LogP contribution < -0.4 is 10.6 Å². The molecular formula is C16H18N4O. The summed E-state index contributed by atoms with van der Waals surface area (Å²) in [4.78, 5) is 20.0. The Kier molecular flexibility index (Phi) is 5.04. The summed E-state index contributed by atoms with van der Waals surface area (Å²) in [7, 11) is 0. The number of nitrogens with one attached hydrogen (secondary N) is 2. The molecule has 0 unspecified atom stereocenters. The second-order valence-electron chi connectivity index (χ2n) is 4.57. The van der Waals surface area contributed by atoms with Gasteiger partial charge in [-0.3, -0.25) is 4.79 Å². The van der Waals surface area contributed by atoms with E-state index < -0.39 is 0 Å². The van der Waals surface area contributed by atoms with E-state index in [9.17, 15) is 4.79 Å². The predicted molar refractivity (Wildman–Crippen MR) is 83.1 cm³/mol. The highest BCUT2D eigenvalue weighted by atomic mass is 16.1. The fourth-order valence-electron chi connectivity index (χ4n) is 1.79. The van der Waals surface area contributed by atoms with Gasteiger partial charge in [-0.05, 0) is 18.1 Å². The van der Waals surface area contributed by atoms with Gasteiger partial charge in [0.1, 0.15) is 0 Å². The van der Waals surface area contributed by atoms with Crippen LogP contribution in [0.15, 0.2) is 49.3 Å². The van der Waals surface area contributed by atoms with Gasteiger partial charge in [0.25, 0.3) is 5.91 Å². The van der Waals surface area contributed by atoms with Gasteiger partial charge in [-0.2, -0.15) is 0 Å². The molecule has 1 aromatic heterocycles. The van der Waals surface area contributed by atoms with Crippen LogP contribution in [0, 0.1) is 6.92 Å². The summed E-state index contributed by atoms with van der Waals surface area (Å²) in [6.45, 7) is 6.68. The minimum absolute atomic E-state index is 0.208. The number of hydrogen-bond donors (Lipinski definition) is 2. The van der Waals surface area contributed by atoms with Crippen molar-refractivity contribution in [1.29, 1.82) is 0 Å². The zero-order valence-corrected chi connectivity index (χ0v) is 12.0. The van der Waals surface area contributed by atoms with E-state index in [0.29, 0.717) is 24.6 Å². The van der Waals surface area contributed by atoms with Gasteiger partial charge in [-0.25, -0.2) is 9.97 Å². The number of amides is 1. The Labute approximate surface area is 124 Å². The van der Waals surface area contributed by atoms with Crippen LogP contribution in [-0.4, -0.2) is 22.4 Å². The molecule has 108 valence electrons. The van der Waals surface area contributed by atoms with E-state index in [4.69, 9.17) is 0 Å². The lowest BCUT2D eigenvalue weighted by Crippen LogP contribution is -2.23. The summed E-state index contributed by atoms with van der Waals surface area (Å²) in [5, 5.41) is 5.82. The van der Waals surface area contributed by atoms with Crippen LogP contribution in [0.5, 0.6) is 0 Å². The van der Waals surface area contributed by atoms with E-state index in [-0.39, 0.29) is 5.91 Å². The molecule has 1 aromatic carbocycles. The van der Waals surface area contributed by atoms with Crippen molar-refractivity contribution in [1.82, 2.24) is 15.3 Å². The Morgan fingerprint density at radius 1 is 1.29 bits per heavy atom. The monoisotopic (exact) mass is 282 g/mol. The average Bonchev–Trinajstić information content (AvgIpc) is 2.52. The quantitative estimate of drug-likeness (QED) is 0.798. The molecule has 2 rings (SSSR count). The number of benzene rings is 1. The summed E-state index contributed by atoms with van der Waals surface area (Å²) in [6, 6.07) is 8.12. The van der Waals surface area contributed by atoms with E-state index in [2.05, 4.69) is 46.2 Å². The Hall–Kier alpha value is -2.69. The third-order valence-electron chi connectivity index (χ3n) is 3.02. The number of hydrogen-bond acceptors (Lipinski definition) is 4. The number of anilines is 1. The molecule has 0 spiro atoms. The van der Waals surface area contributed by atoms with E-state index in [1.54, 1.807) is 6.08 Å². The fourth-order valence-corrected chi connectivity index (χ4v) is 1.79. The van der Waals surface area contributed by atoms with Gasteiger partial charge in [-0.15, -0.1) is 6.58 Å². The smallest absolute Gasteiger partial charge is 0.254 e. The molecular weight excluding hydrogens is 264 g/mol. The molecule has 0 saturated heterocycles. The third-order valence-corrected chi connectivity index (χ3v) is 3.02. The van der Waals surface area contributed by atoms with Gasteiger partial charge < -0.3 is 10.6 Å². The number of carbonyl (C=O) groups excluding carboxylic acids is 1. The largest absolute Gasteiger partial charge is 0.350 e. The van der Waals surface area contributed by atoms with Crippen molar-refractivity contribution in [2.75, 3.05) is 11.9 Å². The number of nitrogens with zero attached hydrogens (tertiary/aromatic N) is 2. The summed E-state index contributed by atoms with van der Waals surface area (Å²) in [5.74, 6) is 0.291. The molecule has 0 bridgehead atoms. The average molecular weight is 282 g/mol. The highest BCUT2D eigenvalue weighted by Crippen LogP contribution is 2.09. The summed E-state index contributed by atoms with van der Waals surface area (Å²) < 4.78 is 0. The number of carbonyl (C=O) groups is 1. The molecule has 2 aromatic rings. The van der Waals surface area contributed by atoms with Gasteiger partial charge in [0, 0.05) is 25.5 Å². The van der Waals surface area contributed by atoms with Gasteiger partial charge in [-0.1, -0.05) is 30.3 Å². The maximum absolute atomic E-state index is 11.7. The van der Waals surface area contributed by atoms with Crippen molar-refractivity contribution >= 4 is 11.9 Å². The highest BCUT2D eigenvalue weighted by molar-refractivity contribution is 5.93. The molecule has 0 fully saturated rings. The molecule has 1 amide bonds. The van der Waals surface area contributed by atoms with Gasteiger partial charge >= 0.3 is 0 Å². The predicted octanol–water partition coefficient (Wildman–Crippen LogP) is 2.31. The van der Waals surface area contributed by atoms with E-state index in [0.717, 1.165) is 0 Å². The SMILES string of the molecule is C=CCNC(=O)c1cnc(NCc2ccccc2C)nc1. The van der Waals surface area contributed by atoms with Gasteiger partial charge in [0.2, 0.25) is 5.95 Å². The molecule has 0 aliphatic rings. The lowest BCUT2D eigenvalue weighted by Gasteiger charge is -2.08. The molecule has 5 nitrogen and oxygen atoms in total. The van der Waals surface area contributed by atoms with Crippen molar-refractivity contribution in [2.45, 2.75) is 13.5 Å². The number of aryl methyl sites for hydroxylation is 1. The normalized spacial score (nSPS) is 9.95. The van der Waals surface area contributed by atoms with Crippen LogP contribution in [-0.2, 0) is 6.54 Å². The topological polar surface area (TPSA) is 66.9 Å². The first-order valence-corrected chi connectivity index (χ1v) is 6.70. The van der Waals surface area contributed by atoms with Crippen molar-refractivity contribution < 1.29 is 4.79 Å². The molecule has 0 radical (unpaired) electrons. The van der Waals surface area contributed by atoms with Crippen molar-refractivity contribution in [3.05, 3.63) is 66.0 Å². The molecule has 1 heterocycles. The second-order valence-corrected chi connectivity index (χ2v) is 4.57. The lowest BCUT2D eigenvalue weighted by molar-refractivity contribution is 0.0957. The first-order valence-electron chi connectivity index (χ1n) is 6.70. The number of aromatic nitrogens is 2. The van der Waals surface area contributed by atoms with E-state index in [1.807, 2.05) is 12.1 Å². The first kappa shape index (κ1) is 14.7. The Morgan fingerprint density at radius 3 is 2.67 bits per heavy atom. The third kappa shape index (κ3) is 4.14. The minimum Gasteiger partial charge on any atom is -0.350 e. The molecule has 2 N–H and O–H groups in total. The standard InChI is InChI=1S/C16H18N4O/c1-3-8-17-15(21)14-10-19-16(20-11-14)18-9-13-7-5-4-6-12(13)2/h3-7,10-11H,1,8-9H2,2H3,(H,17,21)(H,18,19,20). The Morgan fingerprint density at radius 2 is 2.00 bits per heavy atom. The Balaban J connectivity index is 1.95. The van der Waals surface area contributed by atoms with Crippen LogP contribution in [0.4, 0.5) is 5.95 Å². The second kappa shape index (κ2) is 7.19. The van der Waals surface area contributed by atoms with Crippen LogP contribution in [0.1, 0.15) is 21.5 Å². The Bertz CT molecular complexity index is 622. The van der Waals surface area contributed by atoms with Crippen LogP contribution in [0.2, 0.25) is 0 Å². The molecule has 21 heavy (non-hydrogen) atoms. The van der Waals surface area contributed by atoms with Crippen LogP contribution >= 0.6 is 0 Å². The molecule has 0 saturated carbocycles. The minimum atomic E-state index is -0.208. The summed E-state index contributed by atoms with van der Waals surface area (Å²) in [6.07, 6.45) is 4.63. The van der Waals surface area contributed by atoms with E-state index >= 15 is 0 Å². The summed E-state index contributed by atoms with van der Waals surface area (Å²) >= 11 is 0. The van der Waals surface area contributed by atoms with Gasteiger partial charge in [0.15, 0.2) is 0 Å². The van der Waals surface area contributed by atoms with Crippen molar-refractivity contribution in [3.63, 3.8) is 0 Å². The maximum atomic E-state index is 11.7. The van der Waals surface area contributed by atoms with Crippen LogP contribution in [0.3, 0.4) is 0 Å². The zero-order chi connectivity index (χ0) is 15.1. The first-order chi connectivity index (χ1) is 10.2. The van der Waals surface area contributed by atoms with Crippen molar-refractivity contribution in [3.8, 4) is 0 Å². The molecule has 0 aliphatic carbocycles. The lowest BCUT2D eigenvalue weighted by atomic mass is 10.1. The molecule has 0 atom stereocenters. The molecule has 0 aliphatic heterocycles. The zero-order valence-electron chi connectivity index (χ0n) is 12.0. The molecule has 5 heteroatoms. The highest BCUT2D eigenvalue weighted by Gasteiger charge is 2.06. The van der Waals surface area contributed by atoms with Crippen LogP contribution in [0.25, 0.3) is 0 Å². The summed E-state index contributed by atoms with van der Waals surface area (Å²) in [5.41, 5.74) is 2.83. The van der Waals surface area contributed by atoms with E-state index in [1.165, 1.54) is 23.5 Å². The fraction of sp³-hybridized carbons (Fsp3) is 0.188. The maximum Gasteiger partial charge on any atom is 0.254 e. The van der Waals surface area contributed by atoms with Crippen molar-refractivity contribution in [2.24, 2.45) is 0 Å². The van der Waals surface area contributed by atoms with Gasteiger partial charge in [0.05, 0.1) is 5.56 Å². The number of rotatable bonds is 6.